The molecule has 2 nitrogen and oxygen atoms in total. The molecular formula is C11H14ClFO2. The number of hydrogen-bond acceptors (Lipinski definition) is 2. The molecule has 0 radical (unpaired) electrons. The highest BCUT2D eigenvalue weighted by molar-refractivity contribution is 6.31. The normalized spacial score (nSPS) is 15.0. The van der Waals surface area contributed by atoms with Gasteiger partial charge < -0.3 is 9.84 Å². The number of aliphatic hydroxyl groups is 1. The second kappa shape index (κ2) is 5.45. The van der Waals surface area contributed by atoms with Crippen molar-refractivity contribution in [3.8, 4) is 0 Å². The highest BCUT2D eigenvalue weighted by Gasteiger charge is 2.17. The first-order chi connectivity index (χ1) is 7.06. The van der Waals surface area contributed by atoms with E-state index in [-0.39, 0.29) is 12.5 Å². The fourth-order valence-electron chi connectivity index (χ4n) is 1.26. The molecule has 0 aliphatic rings. The maximum absolute atomic E-state index is 13.3. The van der Waals surface area contributed by atoms with Crippen molar-refractivity contribution in [1.29, 1.82) is 0 Å². The molecule has 1 aromatic carbocycles. The van der Waals surface area contributed by atoms with Crippen LogP contribution in [0.15, 0.2) is 18.2 Å². The molecular weight excluding hydrogens is 219 g/mol. The zero-order chi connectivity index (χ0) is 11.4. The summed E-state index contributed by atoms with van der Waals surface area (Å²) in [6, 6.07) is 4.46. The van der Waals surface area contributed by atoms with E-state index in [1.165, 1.54) is 19.2 Å². The number of ether oxygens (including phenoxy) is 1. The Hall–Kier alpha value is -0.640. The van der Waals surface area contributed by atoms with E-state index in [0.717, 1.165) is 0 Å². The fourth-order valence-corrected chi connectivity index (χ4v) is 1.50. The van der Waals surface area contributed by atoms with Crippen molar-refractivity contribution in [2.45, 2.75) is 25.6 Å². The topological polar surface area (TPSA) is 29.5 Å². The highest BCUT2D eigenvalue weighted by Crippen LogP contribution is 2.21. The molecule has 0 aliphatic carbocycles. The summed E-state index contributed by atoms with van der Waals surface area (Å²) in [5.74, 6) is -0.398. The number of rotatable bonds is 4. The zero-order valence-electron chi connectivity index (χ0n) is 8.71. The summed E-state index contributed by atoms with van der Waals surface area (Å²) < 4.78 is 18.3. The van der Waals surface area contributed by atoms with Gasteiger partial charge in [-0.25, -0.2) is 4.39 Å². The van der Waals surface area contributed by atoms with Gasteiger partial charge in [0.05, 0.1) is 12.2 Å². The molecule has 4 heteroatoms. The van der Waals surface area contributed by atoms with Crippen molar-refractivity contribution in [1.82, 2.24) is 0 Å². The molecule has 0 heterocycles. The first-order valence-electron chi connectivity index (χ1n) is 4.70. The van der Waals surface area contributed by atoms with E-state index in [1.807, 2.05) is 0 Å². The van der Waals surface area contributed by atoms with E-state index in [2.05, 4.69) is 0 Å². The number of benzene rings is 1. The molecule has 0 amide bonds. The van der Waals surface area contributed by atoms with Gasteiger partial charge in [0.2, 0.25) is 0 Å². The summed E-state index contributed by atoms with van der Waals surface area (Å²) in [7, 11) is 1.50. The Kier molecular flexibility index (Phi) is 4.51. The first kappa shape index (κ1) is 12.4. The number of hydrogen-bond donors (Lipinski definition) is 1. The van der Waals surface area contributed by atoms with Gasteiger partial charge in [0.25, 0.3) is 0 Å². The van der Waals surface area contributed by atoms with Crippen LogP contribution in [0, 0.1) is 5.82 Å². The summed E-state index contributed by atoms with van der Waals surface area (Å²) in [4.78, 5) is 0. The molecule has 0 spiro atoms. The maximum Gasteiger partial charge on any atom is 0.127 e. The van der Waals surface area contributed by atoms with Crippen molar-refractivity contribution in [2.75, 3.05) is 7.11 Å². The van der Waals surface area contributed by atoms with Gasteiger partial charge in [-0.05, 0) is 19.1 Å². The van der Waals surface area contributed by atoms with Crippen LogP contribution in [-0.2, 0) is 11.2 Å². The van der Waals surface area contributed by atoms with Crippen molar-refractivity contribution in [3.63, 3.8) is 0 Å². The lowest BCUT2D eigenvalue weighted by molar-refractivity contribution is 0.0000556. The van der Waals surface area contributed by atoms with Gasteiger partial charge in [-0.3, -0.25) is 0 Å². The summed E-state index contributed by atoms with van der Waals surface area (Å²) in [5, 5.41) is 10.0. The standard InChI is InChI=1S/C11H14ClFO2/c1-7(15-2)11(14)6-8-9(12)4-3-5-10(8)13/h3-5,7,11,14H,6H2,1-2H3. The van der Waals surface area contributed by atoms with Crippen molar-refractivity contribution >= 4 is 11.6 Å². The second-order valence-corrected chi connectivity index (χ2v) is 3.82. The molecule has 0 aromatic heterocycles. The van der Waals surface area contributed by atoms with E-state index in [4.69, 9.17) is 16.3 Å². The number of aliphatic hydroxyl groups excluding tert-OH is 1. The van der Waals surface area contributed by atoms with Gasteiger partial charge in [-0.2, -0.15) is 0 Å². The van der Waals surface area contributed by atoms with Crippen LogP contribution in [0.3, 0.4) is 0 Å². The third-order valence-corrected chi connectivity index (χ3v) is 2.74. The quantitative estimate of drug-likeness (QED) is 0.864. The smallest absolute Gasteiger partial charge is 0.127 e. The minimum atomic E-state index is -0.760. The Bertz CT molecular complexity index is 310. The summed E-state index contributed by atoms with van der Waals surface area (Å²) in [6.07, 6.45) is -0.953. The SMILES string of the molecule is COC(C)C(O)Cc1c(F)cccc1Cl. The van der Waals surface area contributed by atoms with Crippen LogP contribution in [-0.4, -0.2) is 24.4 Å². The average molecular weight is 233 g/mol. The molecule has 2 unspecified atom stereocenters. The largest absolute Gasteiger partial charge is 0.390 e. The molecule has 84 valence electrons. The van der Waals surface area contributed by atoms with Gasteiger partial charge in [0.15, 0.2) is 0 Å². The molecule has 0 aliphatic heterocycles. The third-order valence-electron chi connectivity index (χ3n) is 2.39. The Morgan fingerprint density at radius 2 is 2.20 bits per heavy atom. The predicted molar refractivity (Wildman–Crippen MR) is 57.6 cm³/mol. The average Bonchev–Trinajstić information content (AvgIpc) is 2.22. The molecule has 2 atom stereocenters. The van der Waals surface area contributed by atoms with Crippen LogP contribution in [0.1, 0.15) is 12.5 Å². The second-order valence-electron chi connectivity index (χ2n) is 3.41. The van der Waals surface area contributed by atoms with Crippen LogP contribution < -0.4 is 0 Å². The predicted octanol–water partition coefficient (Wildman–Crippen LogP) is 2.42. The van der Waals surface area contributed by atoms with E-state index in [9.17, 15) is 9.50 Å². The van der Waals surface area contributed by atoms with Crippen LogP contribution in [0.2, 0.25) is 5.02 Å². The molecule has 0 saturated heterocycles. The van der Waals surface area contributed by atoms with Gasteiger partial charge in [-0.15, -0.1) is 0 Å². The number of methoxy groups -OCH3 is 1. The van der Waals surface area contributed by atoms with E-state index < -0.39 is 11.9 Å². The molecule has 1 aromatic rings. The lowest BCUT2D eigenvalue weighted by atomic mass is 10.0. The molecule has 0 saturated carbocycles. The lowest BCUT2D eigenvalue weighted by Crippen LogP contribution is -2.27. The van der Waals surface area contributed by atoms with Gasteiger partial charge >= 0.3 is 0 Å². The number of halogens is 2. The first-order valence-corrected chi connectivity index (χ1v) is 5.07. The summed E-state index contributed by atoms with van der Waals surface area (Å²) in [5.41, 5.74) is 0.329. The minimum absolute atomic E-state index is 0.153. The molecule has 1 rings (SSSR count). The molecule has 15 heavy (non-hydrogen) atoms. The van der Waals surface area contributed by atoms with Crippen LogP contribution >= 0.6 is 11.6 Å². The third kappa shape index (κ3) is 3.16. The highest BCUT2D eigenvalue weighted by atomic mass is 35.5. The molecule has 1 N–H and O–H groups in total. The van der Waals surface area contributed by atoms with Gasteiger partial charge in [-0.1, -0.05) is 17.7 Å². The fraction of sp³-hybridized carbons (Fsp3) is 0.455. The van der Waals surface area contributed by atoms with Gasteiger partial charge in [0, 0.05) is 24.1 Å². The van der Waals surface area contributed by atoms with Crippen molar-refractivity contribution < 1.29 is 14.2 Å². The Morgan fingerprint density at radius 1 is 1.53 bits per heavy atom. The lowest BCUT2D eigenvalue weighted by Gasteiger charge is -2.18. The van der Waals surface area contributed by atoms with E-state index in [0.29, 0.717) is 10.6 Å². The van der Waals surface area contributed by atoms with Crippen LogP contribution in [0.4, 0.5) is 4.39 Å². The monoisotopic (exact) mass is 232 g/mol. The van der Waals surface area contributed by atoms with E-state index >= 15 is 0 Å². The van der Waals surface area contributed by atoms with Crippen molar-refractivity contribution in [2.24, 2.45) is 0 Å². The summed E-state index contributed by atoms with van der Waals surface area (Å²) >= 11 is 5.83. The summed E-state index contributed by atoms with van der Waals surface area (Å²) in [6.45, 7) is 1.72. The minimum Gasteiger partial charge on any atom is -0.390 e. The maximum atomic E-state index is 13.3. The molecule has 0 bridgehead atoms. The van der Waals surface area contributed by atoms with E-state index in [1.54, 1.807) is 13.0 Å². The Morgan fingerprint density at radius 3 is 2.73 bits per heavy atom. The van der Waals surface area contributed by atoms with Crippen LogP contribution in [0.5, 0.6) is 0 Å². The van der Waals surface area contributed by atoms with Crippen LogP contribution in [0.25, 0.3) is 0 Å². The van der Waals surface area contributed by atoms with Gasteiger partial charge in [0.1, 0.15) is 5.82 Å². The zero-order valence-corrected chi connectivity index (χ0v) is 9.46. The Balaban J connectivity index is 2.80. The van der Waals surface area contributed by atoms with Crippen molar-refractivity contribution in [3.05, 3.63) is 34.6 Å². The molecule has 0 fully saturated rings. The Labute approximate surface area is 93.6 Å².